The molecule has 3 fully saturated rings. The predicted octanol–water partition coefficient (Wildman–Crippen LogP) is 7.11. The molecule has 212 valence electrons. The molecular weight excluding hydrogens is 474 g/mol. The molecule has 1 heterocycles. The lowest BCUT2D eigenvalue weighted by atomic mass is 9.47. The summed E-state index contributed by atoms with van der Waals surface area (Å²) in [6.07, 6.45) is 13.7. The molecule has 1 N–H and O–H groups in total. The highest BCUT2D eigenvalue weighted by Crippen LogP contribution is 2.72. The third-order valence-electron chi connectivity index (χ3n) is 11.9. The second-order valence-corrected chi connectivity index (χ2v) is 14.1. The Labute approximate surface area is 230 Å². The van der Waals surface area contributed by atoms with E-state index in [4.69, 9.17) is 9.47 Å². The minimum Gasteiger partial charge on any atom is -0.491 e. The molecule has 1 aliphatic heterocycles. The molecule has 0 bridgehead atoms. The molecule has 0 aromatic heterocycles. The van der Waals surface area contributed by atoms with Crippen molar-refractivity contribution < 1.29 is 19.1 Å². The summed E-state index contributed by atoms with van der Waals surface area (Å²) in [5.74, 6) is 4.26. The number of carbonyl (C=O) groups excluding carboxylic acids is 2. The lowest BCUT2D eigenvalue weighted by Gasteiger charge is -2.58. The fraction of sp³-hybridized carbons (Fsp3) is 0.818. The van der Waals surface area contributed by atoms with Crippen LogP contribution < -0.4 is 5.32 Å². The Morgan fingerprint density at radius 2 is 1.95 bits per heavy atom. The molecule has 0 spiro atoms. The Bertz CT molecular complexity index is 1030. The topological polar surface area (TPSA) is 64.6 Å². The van der Waals surface area contributed by atoms with Gasteiger partial charge in [-0.1, -0.05) is 39.3 Å². The summed E-state index contributed by atoms with van der Waals surface area (Å²) in [5, 5.41) is 2.97. The maximum Gasteiger partial charge on any atom is 0.302 e. The van der Waals surface area contributed by atoms with E-state index in [9.17, 15) is 9.59 Å². The van der Waals surface area contributed by atoms with Gasteiger partial charge in [-0.25, -0.2) is 0 Å². The first-order valence-corrected chi connectivity index (χ1v) is 15.4. The van der Waals surface area contributed by atoms with E-state index >= 15 is 0 Å². The minimum absolute atomic E-state index is 0.0491. The van der Waals surface area contributed by atoms with Crippen molar-refractivity contribution in [3.8, 4) is 0 Å². The van der Waals surface area contributed by atoms with Crippen LogP contribution >= 0.6 is 0 Å². The summed E-state index contributed by atoms with van der Waals surface area (Å²) >= 11 is 0. The van der Waals surface area contributed by atoms with E-state index in [-0.39, 0.29) is 29.0 Å². The molecule has 5 nitrogen and oxygen atoms in total. The quantitative estimate of drug-likeness (QED) is 0.284. The van der Waals surface area contributed by atoms with Crippen molar-refractivity contribution in [3.63, 3.8) is 0 Å². The first kappa shape index (κ1) is 27.8. The summed E-state index contributed by atoms with van der Waals surface area (Å²) in [7, 11) is 0. The van der Waals surface area contributed by atoms with Crippen molar-refractivity contribution in [2.45, 2.75) is 124 Å². The van der Waals surface area contributed by atoms with Gasteiger partial charge >= 0.3 is 5.97 Å². The maximum atomic E-state index is 11.6. The van der Waals surface area contributed by atoms with Crippen molar-refractivity contribution >= 4 is 11.9 Å². The van der Waals surface area contributed by atoms with Crippen LogP contribution in [0.4, 0.5) is 0 Å². The first-order chi connectivity index (χ1) is 17.9. The highest BCUT2D eigenvalue weighted by atomic mass is 16.5. The van der Waals surface area contributed by atoms with E-state index in [1.54, 1.807) is 12.5 Å². The summed E-state index contributed by atoms with van der Waals surface area (Å²) in [6, 6.07) is 0. The number of carbonyl (C=O) groups is 2. The Balaban J connectivity index is 1.35. The van der Waals surface area contributed by atoms with Crippen molar-refractivity contribution in [1.82, 2.24) is 5.32 Å². The fourth-order valence-corrected chi connectivity index (χ4v) is 10.1. The van der Waals surface area contributed by atoms with Crippen LogP contribution in [0.5, 0.6) is 0 Å². The number of esters is 1. The number of hydrogen-bond acceptors (Lipinski definition) is 4. The molecule has 0 unspecified atom stereocenters. The normalized spacial score (nSPS) is 42.2. The Morgan fingerprint density at radius 1 is 1.18 bits per heavy atom. The van der Waals surface area contributed by atoms with Gasteiger partial charge in [-0.2, -0.15) is 0 Å². The van der Waals surface area contributed by atoms with Crippen LogP contribution in [0.1, 0.15) is 113 Å². The Morgan fingerprint density at radius 3 is 2.63 bits per heavy atom. The standard InChI is InChI=1S/C33H51NO4/c1-8-33-18-28-26-11-10-24-17-25(37-23(5)36)13-15-31(24,6)27(26)14-16-32(28,7)30(33)21(3)29(38-33)12-9-20(2)19-34-22(4)35/h10,20,25-28,30H,8-9,11-19H2,1-7H3,(H,34,35)/t20-,25-,26-,27-,28+,30+,31+,32+,33-/m1/s1. The van der Waals surface area contributed by atoms with Crippen LogP contribution in [0.2, 0.25) is 0 Å². The second-order valence-electron chi connectivity index (χ2n) is 14.1. The lowest BCUT2D eigenvalue weighted by molar-refractivity contribution is -0.148. The molecule has 0 radical (unpaired) electrons. The van der Waals surface area contributed by atoms with Crippen molar-refractivity contribution in [3.05, 3.63) is 23.0 Å². The molecule has 1 amide bonds. The van der Waals surface area contributed by atoms with Crippen molar-refractivity contribution in [1.29, 1.82) is 0 Å². The number of allylic oxidation sites excluding steroid dienone is 2. The molecule has 0 aromatic carbocycles. The zero-order valence-corrected chi connectivity index (χ0v) is 25.0. The summed E-state index contributed by atoms with van der Waals surface area (Å²) in [4.78, 5) is 22.9. The summed E-state index contributed by atoms with van der Waals surface area (Å²) < 4.78 is 12.7. The number of hydrogen-bond donors (Lipinski definition) is 1. The number of nitrogens with one attached hydrogen (secondary N) is 1. The molecule has 38 heavy (non-hydrogen) atoms. The Hall–Kier alpha value is -1.78. The number of fused-ring (bicyclic) bond motifs is 7. The van der Waals surface area contributed by atoms with Gasteiger partial charge in [0.25, 0.3) is 0 Å². The highest BCUT2D eigenvalue weighted by Gasteiger charge is 2.68. The van der Waals surface area contributed by atoms with Gasteiger partial charge < -0.3 is 14.8 Å². The third-order valence-corrected chi connectivity index (χ3v) is 11.9. The highest BCUT2D eigenvalue weighted by molar-refractivity contribution is 5.72. The van der Waals surface area contributed by atoms with E-state index in [1.165, 1.54) is 43.9 Å². The van der Waals surface area contributed by atoms with Gasteiger partial charge in [-0.05, 0) is 98.4 Å². The third kappa shape index (κ3) is 4.44. The predicted molar refractivity (Wildman–Crippen MR) is 150 cm³/mol. The lowest BCUT2D eigenvalue weighted by Crippen LogP contribution is -2.50. The van der Waals surface area contributed by atoms with Crippen LogP contribution in [-0.2, 0) is 19.1 Å². The van der Waals surface area contributed by atoms with Gasteiger partial charge in [0.05, 0.1) is 5.76 Å². The van der Waals surface area contributed by atoms with E-state index in [1.807, 2.05) is 0 Å². The average molecular weight is 526 g/mol. The first-order valence-electron chi connectivity index (χ1n) is 15.4. The molecular formula is C33H51NO4. The molecule has 5 rings (SSSR count). The fourth-order valence-electron chi connectivity index (χ4n) is 10.1. The SMILES string of the molecule is CC[C@@]12C[C@H]3[C@@H]4CC=C5C[C@H](OC(C)=O)CC[C@]5(C)[C@@H]4CC[C@]3(C)[C@@H]1C(C)=C(CC[C@@H](C)CNC(C)=O)O2. The van der Waals surface area contributed by atoms with Gasteiger partial charge in [0.15, 0.2) is 0 Å². The van der Waals surface area contributed by atoms with Gasteiger partial charge in [0.1, 0.15) is 11.7 Å². The summed E-state index contributed by atoms with van der Waals surface area (Å²) in [6.45, 7) is 15.9. The number of ether oxygens (including phenoxy) is 2. The summed E-state index contributed by atoms with van der Waals surface area (Å²) in [5.41, 5.74) is 3.57. The van der Waals surface area contributed by atoms with Gasteiger partial charge in [-0.3, -0.25) is 9.59 Å². The number of rotatable bonds is 7. The molecule has 0 saturated heterocycles. The van der Waals surface area contributed by atoms with Crippen molar-refractivity contribution in [2.75, 3.05) is 6.54 Å². The van der Waals surface area contributed by atoms with Crippen LogP contribution in [0.3, 0.4) is 0 Å². The van der Waals surface area contributed by atoms with Crippen LogP contribution in [0.25, 0.3) is 0 Å². The number of amides is 1. The zero-order chi connectivity index (χ0) is 27.5. The van der Waals surface area contributed by atoms with Gasteiger partial charge in [-0.15, -0.1) is 0 Å². The van der Waals surface area contributed by atoms with Gasteiger partial charge in [0.2, 0.25) is 5.91 Å². The zero-order valence-electron chi connectivity index (χ0n) is 25.0. The Kier molecular flexibility index (Phi) is 7.31. The molecule has 4 aliphatic carbocycles. The van der Waals surface area contributed by atoms with E-state index in [0.29, 0.717) is 23.2 Å². The second kappa shape index (κ2) is 10.0. The molecule has 5 heteroatoms. The van der Waals surface area contributed by atoms with Crippen LogP contribution in [-0.4, -0.2) is 30.1 Å². The molecule has 0 aromatic rings. The van der Waals surface area contributed by atoms with Crippen LogP contribution in [0.15, 0.2) is 23.0 Å². The van der Waals surface area contributed by atoms with Gasteiger partial charge in [0, 0.05) is 39.2 Å². The van der Waals surface area contributed by atoms with Crippen molar-refractivity contribution in [2.24, 2.45) is 40.4 Å². The van der Waals surface area contributed by atoms with E-state index < -0.39 is 0 Å². The van der Waals surface area contributed by atoms with E-state index in [0.717, 1.165) is 56.9 Å². The molecule has 9 atom stereocenters. The molecule has 3 saturated carbocycles. The van der Waals surface area contributed by atoms with Crippen LogP contribution in [0, 0.1) is 40.4 Å². The maximum absolute atomic E-state index is 11.6. The monoisotopic (exact) mass is 525 g/mol. The average Bonchev–Trinajstić information content (AvgIpc) is 3.30. The minimum atomic E-state index is -0.145. The largest absolute Gasteiger partial charge is 0.491 e. The molecule has 5 aliphatic rings. The smallest absolute Gasteiger partial charge is 0.302 e. The van der Waals surface area contributed by atoms with E-state index in [2.05, 4.69) is 46.0 Å².